The molecule has 0 spiro atoms. The molecule has 13 heteroatoms. The van der Waals surface area contributed by atoms with Crippen molar-refractivity contribution in [3.8, 4) is 17.3 Å². The van der Waals surface area contributed by atoms with Gasteiger partial charge in [-0.2, -0.15) is 10.1 Å². The number of nitrogens with zero attached hydrogens (tertiary/aromatic N) is 6. The summed E-state index contributed by atoms with van der Waals surface area (Å²) in [6.45, 7) is 0. The normalized spacial score (nSPS) is 11.8. The van der Waals surface area contributed by atoms with Gasteiger partial charge < -0.3 is 14.6 Å². The summed E-state index contributed by atoms with van der Waals surface area (Å²) in [4.78, 5) is 8.63. The number of aromatic nitrogens is 7. The molecule has 0 saturated carbocycles. The minimum atomic E-state index is -3.55. The van der Waals surface area contributed by atoms with Gasteiger partial charge in [-0.15, -0.1) is 5.10 Å². The summed E-state index contributed by atoms with van der Waals surface area (Å²) in [5.41, 5.74) is 3.45. The third kappa shape index (κ3) is 4.71. The van der Waals surface area contributed by atoms with E-state index in [9.17, 15) is 8.42 Å². The molecule has 0 fully saturated rings. The Kier molecular flexibility index (Phi) is 5.53. The Labute approximate surface area is 210 Å². The van der Waals surface area contributed by atoms with Crippen molar-refractivity contribution < 1.29 is 17.7 Å². The Balaban J connectivity index is 1.22. The predicted octanol–water partition coefficient (Wildman–Crippen LogP) is 3.52. The summed E-state index contributed by atoms with van der Waals surface area (Å²) in [6.07, 6.45) is 3.31. The van der Waals surface area contributed by atoms with Crippen molar-refractivity contribution in [2.24, 2.45) is 0 Å². The molecule has 6 aromatic rings. The number of rotatable bonds is 8. The highest BCUT2D eigenvalue weighted by Gasteiger charge is 2.20. The number of aromatic amines is 1. The van der Waals surface area contributed by atoms with Crippen LogP contribution in [-0.2, 0) is 21.3 Å². The number of anilines is 2. The fourth-order valence-corrected chi connectivity index (χ4v) is 5.19. The van der Waals surface area contributed by atoms with E-state index in [0.717, 1.165) is 16.6 Å². The monoisotopic (exact) mass is 516 g/mol. The van der Waals surface area contributed by atoms with Crippen LogP contribution in [0.5, 0.6) is 5.75 Å². The summed E-state index contributed by atoms with van der Waals surface area (Å²) < 4.78 is 37.4. The summed E-state index contributed by atoms with van der Waals surface area (Å²) in [7, 11) is -2.00. The van der Waals surface area contributed by atoms with Gasteiger partial charge in [-0.05, 0) is 48.0 Å². The van der Waals surface area contributed by atoms with Crippen LogP contribution in [0.1, 0.15) is 11.5 Å². The number of hydrogen-bond donors (Lipinski definition) is 2. The third-order valence-electron chi connectivity index (χ3n) is 5.66. The molecule has 186 valence electrons. The maximum absolute atomic E-state index is 12.7. The Morgan fingerprint density at radius 3 is 2.76 bits per heavy atom. The van der Waals surface area contributed by atoms with Crippen LogP contribution in [-0.4, -0.2) is 50.5 Å². The highest BCUT2D eigenvalue weighted by molar-refractivity contribution is 7.89. The molecular formula is C24H20N8O4S. The Bertz CT molecular complexity index is 1820. The molecular weight excluding hydrogens is 496 g/mol. The van der Waals surface area contributed by atoms with Crippen LogP contribution in [0.25, 0.3) is 28.1 Å². The number of sulfone groups is 1. The first kappa shape index (κ1) is 22.7. The minimum Gasteiger partial charge on any atom is -0.497 e. The maximum atomic E-state index is 12.7. The van der Waals surface area contributed by atoms with Gasteiger partial charge in [-0.1, -0.05) is 17.3 Å². The fourth-order valence-electron chi connectivity index (χ4n) is 3.89. The van der Waals surface area contributed by atoms with Crippen LogP contribution < -0.4 is 10.1 Å². The van der Waals surface area contributed by atoms with Gasteiger partial charge in [0.1, 0.15) is 17.2 Å². The molecule has 12 nitrogen and oxygen atoms in total. The number of imidazole rings is 1. The molecule has 37 heavy (non-hydrogen) atoms. The Morgan fingerprint density at radius 1 is 1.05 bits per heavy atom. The molecule has 0 saturated heterocycles. The SMILES string of the molecule is COc1ccc(CS(=O)(=O)Cc2nc(-c3cnc4ccc(Nc5ccc6[nH]ncc6c5)nn34)no2)cc1. The Hall–Kier alpha value is -4.78. The van der Waals surface area contributed by atoms with Crippen molar-refractivity contribution >= 4 is 37.9 Å². The van der Waals surface area contributed by atoms with Gasteiger partial charge in [0.2, 0.25) is 11.7 Å². The van der Waals surface area contributed by atoms with E-state index in [1.807, 2.05) is 18.2 Å². The van der Waals surface area contributed by atoms with Gasteiger partial charge in [-0.3, -0.25) is 5.10 Å². The fraction of sp³-hybridized carbons (Fsp3) is 0.125. The van der Waals surface area contributed by atoms with Crippen molar-refractivity contribution in [1.82, 2.24) is 34.9 Å². The Morgan fingerprint density at radius 2 is 1.92 bits per heavy atom. The van der Waals surface area contributed by atoms with E-state index >= 15 is 0 Å². The quantitative estimate of drug-likeness (QED) is 0.307. The van der Waals surface area contributed by atoms with E-state index in [0.29, 0.717) is 28.5 Å². The number of methoxy groups -OCH3 is 1. The first-order chi connectivity index (χ1) is 18.0. The van der Waals surface area contributed by atoms with Gasteiger partial charge in [-0.25, -0.2) is 17.9 Å². The van der Waals surface area contributed by atoms with E-state index < -0.39 is 9.84 Å². The smallest absolute Gasteiger partial charge is 0.242 e. The highest BCUT2D eigenvalue weighted by atomic mass is 32.2. The zero-order valence-corrected chi connectivity index (χ0v) is 20.3. The largest absolute Gasteiger partial charge is 0.497 e. The molecule has 0 atom stereocenters. The number of ether oxygens (including phenoxy) is 1. The van der Waals surface area contributed by atoms with Crippen LogP contribution in [0.2, 0.25) is 0 Å². The second kappa shape index (κ2) is 9.02. The van der Waals surface area contributed by atoms with E-state index in [1.165, 1.54) is 0 Å². The van der Waals surface area contributed by atoms with Gasteiger partial charge >= 0.3 is 0 Å². The standard InChI is InChI=1S/C24H20N8O4S/c1-35-18-5-2-15(3-6-18)13-37(33,34)14-23-28-24(31-36-23)20-12-25-22-9-8-21(30-32(20)22)27-17-4-7-19-16(10-17)11-26-29-19/h2-12H,13-14H2,1H3,(H,26,29)(H,27,30). The van der Waals surface area contributed by atoms with Crippen molar-refractivity contribution in [2.75, 3.05) is 12.4 Å². The molecule has 0 amide bonds. The van der Waals surface area contributed by atoms with Gasteiger partial charge in [0, 0.05) is 11.1 Å². The second-order valence-electron chi connectivity index (χ2n) is 8.32. The minimum absolute atomic E-state index is 0.0128. The predicted molar refractivity (Wildman–Crippen MR) is 135 cm³/mol. The molecule has 4 heterocycles. The molecule has 0 unspecified atom stereocenters. The number of benzene rings is 2. The van der Waals surface area contributed by atoms with Crippen LogP contribution in [0, 0.1) is 0 Å². The lowest BCUT2D eigenvalue weighted by Crippen LogP contribution is -2.08. The average Bonchev–Trinajstić information content (AvgIpc) is 3.63. The van der Waals surface area contributed by atoms with Crippen LogP contribution in [0.15, 0.2) is 71.5 Å². The molecule has 2 aromatic carbocycles. The van der Waals surface area contributed by atoms with E-state index in [2.05, 4.69) is 35.7 Å². The summed E-state index contributed by atoms with van der Waals surface area (Å²) in [5, 5.41) is 19.7. The second-order valence-corrected chi connectivity index (χ2v) is 10.4. The first-order valence-electron chi connectivity index (χ1n) is 11.2. The lowest BCUT2D eigenvalue weighted by Gasteiger charge is -2.06. The molecule has 0 radical (unpaired) electrons. The first-order valence-corrected chi connectivity index (χ1v) is 13.0. The molecule has 0 aliphatic heterocycles. The zero-order chi connectivity index (χ0) is 25.4. The van der Waals surface area contributed by atoms with Crippen LogP contribution >= 0.6 is 0 Å². The van der Waals surface area contributed by atoms with Crippen molar-refractivity contribution in [2.45, 2.75) is 11.5 Å². The highest BCUT2D eigenvalue weighted by Crippen LogP contribution is 2.23. The summed E-state index contributed by atoms with van der Waals surface area (Å²) >= 11 is 0. The molecule has 0 aliphatic rings. The number of hydrogen-bond acceptors (Lipinski definition) is 10. The lowest BCUT2D eigenvalue weighted by atomic mass is 10.2. The van der Waals surface area contributed by atoms with Crippen molar-refractivity contribution in [3.63, 3.8) is 0 Å². The van der Waals surface area contributed by atoms with Crippen molar-refractivity contribution in [3.05, 3.63) is 78.4 Å². The summed E-state index contributed by atoms with van der Waals surface area (Å²) in [6, 6.07) is 16.2. The van der Waals surface area contributed by atoms with E-state index in [-0.39, 0.29) is 23.2 Å². The van der Waals surface area contributed by atoms with Gasteiger partial charge in [0.25, 0.3) is 0 Å². The molecule has 6 rings (SSSR count). The molecule has 0 aliphatic carbocycles. The van der Waals surface area contributed by atoms with E-state index in [4.69, 9.17) is 9.26 Å². The van der Waals surface area contributed by atoms with E-state index in [1.54, 1.807) is 60.4 Å². The van der Waals surface area contributed by atoms with Crippen LogP contribution in [0.3, 0.4) is 0 Å². The van der Waals surface area contributed by atoms with Gasteiger partial charge in [0.05, 0.1) is 30.8 Å². The number of fused-ring (bicyclic) bond motifs is 2. The topological polar surface area (TPSA) is 153 Å². The maximum Gasteiger partial charge on any atom is 0.242 e. The summed E-state index contributed by atoms with van der Waals surface area (Å²) in [5.74, 6) is 0.847. The molecule has 4 aromatic heterocycles. The molecule has 0 bridgehead atoms. The lowest BCUT2D eigenvalue weighted by molar-refractivity contribution is 0.389. The number of H-pyrrole nitrogens is 1. The van der Waals surface area contributed by atoms with Crippen LogP contribution in [0.4, 0.5) is 11.5 Å². The third-order valence-corrected chi connectivity index (χ3v) is 7.12. The zero-order valence-electron chi connectivity index (χ0n) is 19.5. The van der Waals surface area contributed by atoms with Crippen molar-refractivity contribution in [1.29, 1.82) is 0 Å². The average molecular weight is 517 g/mol. The van der Waals surface area contributed by atoms with Gasteiger partial charge in [0.15, 0.2) is 21.3 Å². The molecule has 2 N–H and O–H groups in total. The number of nitrogens with one attached hydrogen (secondary N) is 2.